The van der Waals surface area contributed by atoms with Gasteiger partial charge in [-0.3, -0.25) is 4.79 Å². The molecule has 1 fully saturated rings. The lowest BCUT2D eigenvalue weighted by Crippen LogP contribution is -2.38. The SMILES string of the molecule is CNC[C@@H](O)COc1ccc(Cl)c(-c2nc(C(C(C)=O)=C(C)N)c(C)c(N3CCC(OCC(F)F)CC3)n2)c1. The number of aliphatic hydroxyl groups is 1. The molecule has 2 aromatic rings. The van der Waals surface area contributed by atoms with Gasteiger partial charge in [0.05, 0.1) is 22.4 Å². The Bertz CT molecular complexity index is 1190. The Morgan fingerprint density at radius 3 is 2.54 bits per heavy atom. The number of aliphatic hydroxyl groups excluding tert-OH is 1. The fourth-order valence-corrected chi connectivity index (χ4v) is 4.71. The van der Waals surface area contributed by atoms with Crippen molar-refractivity contribution in [1.29, 1.82) is 0 Å². The second-order valence-electron chi connectivity index (χ2n) is 9.53. The third kappa shape index (κ3) is 8.07. The molecule has 0 amide bonds. The van der Waals surface area contributed by atoms with Crippen molar-refractivity contribution in [3.05, 3.63) is 40.2 Å². The number of nitrogens with zero attached hydrogens (tertiary/aromatic N) is 3. The minimum atomic E-state index is -2.51. The number of allylic oxidation sites excluding steroid dienone is 2. The monoisotopic (exact) mass is 567 g/mol. The predicted octanol–water partition coefficient (Wildman–Crippen LogP) is 3.59. The molecule has 0 saturated carbocycles. The number of piperidine rings is 1. The lowest BCUT2D eigenvalue weighted by atomic mass is 10.0. The zero-order valence-corrected chi connectivity index (χ0v) is 23.4. The molecule has 1 aliphatic rings. The molecule has 0 spiro atoms. The molecule has 214 valence electrons. The molecule has 0 radical (unpaired) electrons. The fraction of sp³-hybridized carbons (Fsp3) is 0.519. The van der Waals surface area contributed by atoms with Crippen molar-refractivity contribution in [2.75, 3.05) is 44.8 Å². The normalized spacial score (nSPS) is 15.9. The highest BCUT2D eigenvalue weighted by Crippen LogP contribution is 2.35. The number of hydrogen-bond donors (Lipinski definition) is 3. The molecule has 3 rings (SSSR count). The van der Waals surface area contributed by atoms with E-state index in [1.165, 1.54) is 6.92 Å². The molecule has 1 aliphatic heterocycles. The van der Waals surface area contributed by atoms with Gasteiger partial charge in [-0.25, -0.2) is 18.7 Å². The first-order valence-electron chi connectivity index (χ1n) is 12.8. The summed E-state index contributed by atoms with van der Waals surface area (Å²) in [7, 11) is 1.74. The van der Waals surface area contributed by atoms with E-state index in [1.807, 2.05) is 11.8 Å². The van der Waals surface area contributed by atoms with E-state index in [1.54, 1.807) is 32.2 Å². The number of ether oxygens (including phenoxy) is 2. The number of rotatable bonds is 12. The number of ketones is 1. The van der Waals surface area contributed by atoms with Crippen LogP contribution in [0.2, 0.25) is 5.02 Å². The van der Waals surface area contributed by atoms with Crippen LogP contribution >= 0.6 is 11.6 Å². The predicted molar refractivity (Wildman–Crippen MR) is 147 cm³/mol. The summed E-state index contributed by atoms with van der Waals surface area (Å²) in [5.74, 6) is 1.09. The topological polar surface area (TPSA) is 123 Å². The van der Waals surface area contributed by atoms with E-state index in [-0.39, 0.29) is 29.9 Å². The number of carbonyl (C=O) groups excluding carboxylic acids is 1. The summed E-state index contributed by atoms with van der Waals surface area (Å²) in [6.07, 6.45) is -2.39. The van der Waals surface area contributed by atoms with Gasteiger partial charge in [-0.05, 0) is 58.9 Å². The standard InChI is InChI=1S/C27H36ClF2N5O4/c1-15-25(24(16(2)31)17(3)36)33-26(21-11-20(5-6-22(21)28)38-13-18(37)12-32-4)34-27(15)35-9-7-19(8-10-35)39-14-23(29)30/h5-6,11,18-19,23,32,37H,7-10,12-14,31H2,1-4H3/t18-/m1/s1. The van der Waals surface area contributed by atoms with Crippen LogP contribution in [0.5, 0.6) is 5.75 Å². The molecule has 1 atom stereocenters. The number of halogens is 3. The number of anilines is 1. The van der Waals surface area contributed by atoms with Crippen molar-refractivity contribution < 1.29 is 28.2 Å². The average Bonchev–Trinajstić information content (AvgIpc) is 2.88. The van der Waals surface area contributed by atoms with Crippen molar-refractivity contribution >= 4 is 28.8 Å². The largest absolute Gasteiger partial charge is 0.491 e. The summed E-state index contributed by atoms with van der Waals surface area (Å²) in [4.78, 5) is 24.2. The number of hydrogen-bond acceptors (Lipinski definition) is 9. The minimum Gasteiger partial charge on any atom is -0.491 e. The van der Waals surface area contributed by atoms with E-state index in [0.29, 0.717) is 71.6 Å². The Morgan fingerprint density at radius 2 is 1.95 bits per heavy atom. The average molecular weight is 568 g/mol. The third-order valence-electron chi connectivity index (χ3n) is 6.36. The number of benzene rings is 1. The quantitative estimate of drug-likeness (QED) is 0.330. The van der Waals surface area contributed by atoms with Gasteiger partial charge in [0.25, 0.3) is 6.43 Å². The second-order valence-corrected chi connectivity index (χ2v) is 9.94. The van der Waals surface area contributed by atoms with Crippen LogP contribution in [0.25, 0.3) is 17.0 Å². The third-order valence-corrected chi connectivity index (χ3v) is 6.69. The number of carbonyl (C=O) groups is 1. The molecule has 0 unspecified atom stereocenters. The molecule has 1 saturated heterocycles. The fourth-order valence-electron chi connectivity index (χ4n) is 4.50. The van der Waals surface area contributed by atoms with E-state index in [0.717, 1.165) is 0 Å². The first kappa shape index (κ1) is 30.7. The second kappa shape index (κ2) is 14.0. The molecular weight excluding hydrogens is 532 g/mol. The van der Waals surface area contributed by atoms with E-state index >= 15 is 0 Å². The Labute approximate surface area is 232 Å². The number of nitrogens with two attached hydrogens (primary N) is 1. The zero-order valence-electron chi connectivity index (χ0n) is 22.6. The van der Waals surface area contributed by atoms with Crippen LogP contribution in [-0.4, -0.2) is 79.4 Å². The smallest absolute Gasteiger partial charge is 0.261 e. The molecule has 4 N–H and O–H groups in total. The summed E-state index contributed by atoms with van der Waals surface area (Å²) in [5.41, 5.74) is 8.25. The van der Waals surface area contributed by atoms with Crippen molar-refractivity contribution in [3.8, 4) is 17.1 Å². The van der Waals surface area contributed by atoms with E-state index < -0.39 is 19.1 Å². The lowest BCUT2D eigenvalue weighted by Gasteiger charge is -2.34. The van der Waals surface area contributed by atoms with Crippen LogP contribution in [0, 0.1) is 6.92 Å². The van der Waals surface area contributed by atoms with Gasteiger partial charge in [0.15, 0.2) is 11.6 Å². The number of alkyl halides is 2. The first-order chi connectivity index (χ1) is 18.5. The lowest BCUT2D eigenvalue weighted by molar-refractivity contribution is -0.111. The van der Waals surface area contributed by atoms with Crippen molar-refractivity contribution in [3.63, 3.8) is 0 Å². The van der Waals surface area contributed by atoms with E-state index in [2.05, 4.69) is 5.32 Å². The number of aromatic nitrogens is 2. The zero-order chi connectivity index (χ0) is 28.7. The van der Waals surface area contributed by atoms with Gasteiger partial charge in [0.2, 0.25) is 0 Å². The summed E-state index contributed by atoms with van der Waals surface area (Å²) in [6, 6.07) is 5.02. The summed E-state index contributed by atoms with van der Waals surface area (Å²) < 4.78 is 36.3. The van der Waals surface area contributed by atoms with Crippen LogP contribution < -0.4 is 20.7 Å². The van der Waals surface area contributed by atoms with Gasteiger partial charge in [0, 0.05) is 36.5 Å². The number of Topliss-reactive ketones (excluding diaryl/α,β-unsaturated/α-hetero) is 1. The molecule has 39 heavy (non-hydrogen) atoms. The van der Waals surface area contributed by atoms with Gasteiger partial charge >= 0.3 is 0 Å². The van der Waals surface area contributed by atoms with Crippen LogP contribution in [0.4, 0.5) is 14.6 Å². The summed E-state index contributed by atoms with van der Waals surface area (Å²) in [5, 5.41) is 13.3. The number of likely N-dealkylation sites (N-methyl/N-ethyl adjacent to an activating group) is 1. The van der Waals surface area contributed by atoms with Crippen molar-refractivity contribution in [2.45, 2.75) is 52.2 Å². The maximum atomic E-state index is 12.6. The van der Waals surface area contributed by atoms with Gasteiger partial charge < -0.3 is 30.5 Å². The summed E-state index contributed by atoms with van der Waals surface area (Å²) >= 11 is 6.57. The minimum absolute atomic E-state index is 0.0688. The molecular formula is C27H36ClF2N5O4. The van der Waals surface area contributed by atoms with Gasteiger partial charge in [-0.15, -0.1) is 0 Å². The van der Waals surface area contributed by atoms with Crippen LogP contribution in [0.15, 0.2) is 23.9 Å². The molecule has 0 bridgehead atoms. The highest BCUT2D eigenvalue weighted by molar-refractivity contribution is 6.33. The highest BCUT2D eigenvalue weighted by atomic mass is 35.5. The molecule has 1 aromatic heterocycles. The Kier molecular flexibility index (Phi) is 11.0. The highest BCUT2D eigenvalue weighted by Gasteiger charge is 2.27. The van der Waals surface area contributed by atoms with E-state index in [9.17, 15) is 18.7 Å². The van der Waals surface area contributed by atoms with Gasteiger partial charge in [-0.2, -0.15) is 0 Å². The van der Waals surface area contributed by atoms with Gasteiger partial charge in [-0.1, -0.05) is 11.6 Å². The Balaban J connectivity index is 2.03. The molecule has 0 aliphatic carbocycles. The molecule has 9 nitrogen and oxygen atoms in total. The van der Waals surface area contributed by atoms with Crippen LogP contribution in [-0.2, 0) is 9.53 Å². The van der Waals surface area contributed by atoms with Gasteiger partial charge in [0.1, 0.15) is 30.9 Å². The van der Waals surface area contributed by atoms with E-state index in [4.69, 9.17) is 36.8 Å². The molecule has 12 heteroatoms. The maximum Gasteiger partial charge on any atom is 0.261 e. The molecule has 2 heterocycles. The first-order valence-corrected chi connectivity index (χ1v) is 13.2. The van der Waals surface area contributed by atoms with Crippen LogP contribution in [0.1, 0.15) is 37.9 Å². The Morgan fingerprint density at radius 1 is 1.26 bits per heavy atom. The number of nitrogens with one attached hydrogen (secondary N) is 1. The molecule has 1 aromatic carbocycles. The van der Waals surface area contributed by atoms with Crippen molar-refractivity contribution in [1.82, 2.24) is 15.3 Å². The van der Waals surface area contributed by atoms with Crippen LogP contribution in [0.3, 0.4) is 0 Å². The Hall–Kier alpha value is -2.86. The maximum absolute atomic E-state index is 12.6. The summed E-state index contributed by atoms with van der Waals surface area (Å²) in [6.45, 7) is 5.78. The van der Waals surface area contributed by atoms with Crippen molar-refractivity contribution in [2.24, 2.45) is 5.73 Å².